The lowest BCUT2D eigenvalue weighted by Crippen LogP contribution is -2.46. The highest BCUT2D eigenvalue weighted by Crippen LogP contribution is 2.24. The third kappa shape index (κ3) is 6.32. The van der Waals surface area contributed by atoms with E-state index in [9.17, 15) is 9.59 Å². The number of piperidine rings is 1. The van der Waals surface area contributed by atoms with Crippen molar-refractivity contribution in [2.24, 2.45) is 0 Å². The molecule has 1 heterocycles. The summed E-state index contributed by atoms with van der Waals surface area (Å²) in [6, 6.07) is 16.9. The van der Waals surface area contributed by atoms with Crippen LogP contribution in [0.2, 0.25) is 0 Å². The molecule has 0 radical (unpaired) electrons. The zero-order valence-corrected chi connectivity index (χ0v) is 16.9. The molecule has 1 aliphatic rings. The van der Waals surface area contributed by atoms with Crippen LogP contribution in [-0.4, -0.2) is 49.0 Å². The molecule has 154 valence electrons. The zero-order chi connectivity index (χ0) is 20.5. The first-order chi connectivity index (χ1) is 14.2. The number of carbonyl (C=O) groups excluding carboxylic acids is 2. The Morgan fingerprint density at radius 2 is 1.72 bits per heavy atom. The Kier molecular flexibility index (Phi) is 7.64. The van der Waals surface area contributed by atoms with Crippen LogP contribution >= 0.6 is 0 Å². The average molecular weight is 396 g/mol. The predicted molar refractivity (Wildman–Crippen MR) is 114 cm³/mol. The molecule has 0 atom stereocenters. The van der Waals surface area contributed by atoms with Crippen LogP contribution < -0.4 is 15.4 Å². The molecular weight excluding hydrogens is 366 g/mol. The lowest BCUT2D eigenvalue weighted by atomic mass is 10.0. The number of likely N-dealkylation sites (tertiary alicyclic amines) is 1. The van der Waals surface area contributed by atoms with Crippen molar-refractivity contribution in [2.45, 2.75) is 32.2 Å². The van der Waals surface area contributed by atoms with Gasteiger partial charge in [-0.25, -0.2) is 0 Å². The van der Waals surface area contributed by atoms with Gasteiger partial charge in [0.25, 0.3) is 5.91 Å². The number of anilines is 1. The molecular formula is C23H29N3O3. The molecule has 2 aromatic rings. The SMILES string of the molecule is CCCOc1ccccc1NC(=O)CN1CCC(NC(=O)c2ccccc2)CC1. The molecule has 2 amide bonds. The van der Waals surface area contributed by atoms with Gasteiger partial charge in [0.05, 0.1) is 18.8 Å². The summed E-state index contributed by atoms with van der Waals surface area (Å²) in [6.07, 6.45) is 2.59. The molecule has 0 aliphatic carbocycles. The molecule has 0 spiro atoms. The van der Waals surface area contributed by atoms with Crippen molar-refractivity contribution < 1.29 is 14.3 Å². The van der Waals surface area contributed by atoms with Gasteiger partial charge in [0.1, 0.15) is 5.75 Å². The largest absolute Gasteiger partial charge is 0.491 e. The fourth-order valence-electron chi connectivity index (χ4n) is 3.39. The van der Waals surface area contributed by atoms with E-state index in [1.807, 2.05) is 61.5 Å². The minimum absolute atomic E-state index is 0.0366. The van der Waals surface area contributed by atoms with Gasteiger partial charge in [-0.1, -0.05) is 37.3 Å². The molecule has 3 rings (SSSR count). The summed E-state index contributed by atoms with van der Waals surface area (Å²) in [7, 11) is 0. The van der Waals surface area contributed by atoms with Gasteiger partial charge < -0.3 is 15.4 Å². The van der Waals surface area contributed by atoms with Crippen molar-refractivity contribution in [1.29, 1.82) is 0 Å². The quantitative estimate of drug-likeness (QED) is 0.719. The van der Waals surface area contributed by atoms with Gasteiger partial charge in [-0.2, -0.15) is 0 Å². The van der Waals surface area contributed by atoms with E-state index in [1.165, 1.54) is 0 Å². The summed E-state index contributed by atoms with van der Waals surface area (Å²) in [5, 5.41) is 6.05. The van der Waals surface area contributed by atoms with Crippen LogP contribution in [0.1, 0.15) is 36.5 Å². The number of rotatable bonds is 8. The van der Waals surface area contributed by atoms with Crippen molar-refractivity contribution in [2.75, 3.05) is 31.6 Å². The first-order valence-electron chi connectivity index (χ1n) is 10.3. The van der Waals surface area contributed by atoms with Gasteiger partial charge in [0, 0.05) is 24.7 Å². The maximum atomic E-state index is 12.5. The number of nitrogens with zero attached hydrogens (tertiary/aromatic N) is 1. The highest BCUT2D eigenvalue weighted by molar-refractivity contribution is 5.94. The van der Waals surface area contributed by atoms with Crippen LogP contribution in [-0.2, 0) is 4.79 Å². The number of hydrogen-bond acceptors (Lipinski definition) is 4. The monoisotopic (exact) mass is 395 g/mol. The summed E-state index contributed by atoms with van der Waals surface area (Å²) in [5.41, 5.74) is 1.38. The maximum Gasteiger partial charge on any atom is 0.251 e. The molecule has 1 fully saturated rings. The van der Waals surface area contributed by atoms with Gasteiger partial charge in [-0.3, -0.25) is 14.5 Å². The lowest BCUT2D eigenvalue weighted by Gasteiger charge is -2.31. The Bertz CT molecular complexity index is 802. The smallest absolute Gasteiger partial charge is 0.251 e. The average Bonchev–Trinajstić information content (AvgIpc) is 2.75. The number of amides is 2. The third-order valence-electron chi connectivity index (χ3n) is 4.95. The number of nitrogens with one attached hydrogen (secondary N) is 2. The van der Waals surface area contributed by atoms with Gasteiger partial charge in [-0.05, 0) is 43.5 Å². The van der Waals surface area contributed by atoms with Gasteiger partial charge in [0.15, 0.2) is 0 Å². The van der Waals surface area contributed by atoms with E-state index in [4.69, 9.17) is 4.74 Å². The van der Waals surface area contributed by atoms with Crippen molar-refractivity contribution in [3.8, 4) is 5.75 Å². The molecule has 0 saturated carbocycles. The van der Waals surface area contributed by atoms with Gasteiger partial charge >= 0.3 is 0 Å². The molecule has 0 bridgehead atoms. The Balaban J connectivity index is 1.44. The molecule has 1 aliphatic heterocycles. The molecule has 1 saturated heterocycles. The van der Waals surface area contributed by atoms with Crippen LogP contribution in [0, 0.1) is 0 Å². The Morgan fingerprint density at radius 3 is 2.45 bits per heavy atom. The second-order valence-corrected chi connectivity index (χ2v) is 7.28. The highest BCUT2D eigenvalue weighted by atomic mass is 16.5. The fourth-order valence-corrected chi connectivity index (χ4v) is 3.39. The Labute approximate surface area is 172 Å². The van der Waals surface area contributed by atoms with E-state index in [1.54, 1.807) is 0 Å². The zero-order valence-electron chi connectivity index (χ0n) is 16.9. The molecule has 0 aromatic heterocycles. The number of benzene rings is 2. The third-order valence-corrected chi connectivity index (χ3v) is 4.95. The number of carbonyl (C=O) groups is 2. The van der Waals surface area contributed by atoms with Crippen LogP contribution in [0.25, 0.3) is 0 Å². The molecule has 2 aromatic carbocycles. The summed E-state index contributed by atoms with van der Waals surface area (Å²) in [5.74, 6) is 0.611. The normalized spacial score (nSPS) is 14.9. The maximum absolute atomic E-state index is 12.5. The van der Waals surface area contributed by atoms with Crippen molar-refractivity contribution in [1.82, 2.24) is 10.2 Å². The van der Waals surface area contributed by atoms with Crippen molar-refractivity contribution in [3.05, 3.63) is 60.2 Å². The molecule has 0 unspecified atom stereocenters. The van der Waals surface area contributed by atoms with E-state index >= 15 is 0 Å². The summed E-state index contributed by atoms with van der Waals surface area (Å²) < 4.78 is 5.70. The molecule has 6 heteroatoms. The second-order valence-electron chi connectivity index (χ2n) is 7.28. The highest BCUT2D eigenvalue weighted by Gasteiger charge is 2.22. The summed E-state index contributed by atoms with van der Waals surface area (Å²) in [4.78, 5) is 26.9. The van der Waals surface area contributed by atoms with Gasteiger partial charge in [-0.15, -0.1) is 0 Å². The lowest BCUT2D eigenvalue weighted by molar-refractivity contribution is -0.117. The number of para-hydroxylation sites is 2. The number of hydrogen-bond donors (Lipinski definition) is 2. The number of ether oxygens (including phenoxy) is 1. The Hall–Kier alpha value is -2.86. The first kappa shape index (κ1) is 20.9. The standard InChI is InChI=1S/C23H29N3O3/c1-2-16-29-21-11-7-6-10-20(21)25-22(27)17-26-14-12-19(13-15-26)24-23(28)18-8-4-3-5-9-18/h3-11,19H,2,12-17H2,1H3,(H,24,28)(H,25,27). The summed E-state index contributed by atoms with van der Waals surface area (Å²) in [6.45, 7) is 4.56. The fraction of sp³-hybridized carbons (Fsp3) is 0.391. The minimum atomic E-state index is -0.0516. The topological polar surface area (TPSA) is 70.7 Å². The van der Waals surface area contributed by atoms with E-state index in [0.29, 0.717) is 30.2 Å². The van der Waals surface area contributed by atoms with Crippen molar-refractivity contribution >= 4 is 17.5 Å². The molecule has 29 heavy (non-hydrogen) atoms. The molecule has 6 nitrogen and oxygen atoms in total. The first-order valence-corrected chi connectivity index (χ1v) is 10.3. The predicted octanol–water partition coefficient (Wildman–Crippen LogP) is 3.31. The summed E-state index contributed by atoms with van der Waals surface area (Å²) >= 11 is 0. The van der Waals surface area contributed by atoms with Crippen molar-refractivity contribution in [3.63, 3.8) is 0 Å². The van der Waals surface area contributed by atoms with E-state index < -0.39 is 0 Å². The minimum Gasteiger partial charge on any atom is -0.491 e. The van der Waals surface area contributed by atoms with Crippen LogP contribution in [0.5, 0.6) is 5.75 Å². The molecule has 2 N–H and O–H groups in total. The van der Waals surface area contributed by atoms with E-state index in [0.717, 1.165) is 32.4 Å². The second kappa shape index (κ2) is 10.6. The van der Waals surface area contributed by atoms with Gasteiger partial charge in [0.2, 0.25) is 5.91 Å². The van der Waals surface area contributed by atoms with Crippen LogP contribution in [0.15, 0.2) is 54.6 Å². The van der Waals surface area contributed by atoms with E-state index in [2.05, 4.69) is 15.5 Å². The van der Waals surface area contributed by atoms with E-state index in [-0.39, 0.29) is 17.9 Å². The van der Waals surface area contributed by atoms with Crippen LogP contribution in [0.4, 0.5) is 5.69 Å². The van der Waals surface area contributed by atoms with Crippen LogP contribution in [0.3, 0.4) is 0 Å². The Morgan fingerprint density at radius 1 is 1.03 bits per heavy atom.